The van der Waals surface area contributed by atoms with E-state index in [1.165, 1.54) is 6.07 Å². The van der Waals surface area contributed by atoms with Gasteiger partial charge in [0.15, 0.2) is 0 Å². The molecule has 1 aliphatic carbocycles. The van der Waals surface area contributed by atoms with Crippen molar-refractivity contribution in [3.63, 3.8) is 0 Å². The summed E-state index contributed by atoms with van der Waals surface area (Å²) in [5, 5.41) is 3.01. The van der Waals surface area contributed by atoms with E-state index in [-0.39, 0.29) is 16.2 Å². The van der Waals surface area contributed by atoms with E-state index in [9.17, 15) is 13.2 Å². The van der Waals surface area contributed by atoms with Crippen LogP contribution in [0.1, 0.15) is 31.2 Å². The van der Waals surface area contributed by atoms with Gasteiger partial charge in [0.05, 0.1) is 3.79 Å². The second kappa shape index (κ2) is 8.65. The van der Waals surface area contributed by atoms with E-state index < -0.39 is 16.1 Å². The molecule has 1 aliphatic rings. The van der Waals surface area contributed by atoms with Crippen LogP contribution in [0.2, 0.25) is 0 Å². The summed E-state index contributed by atoms with van der Waals surface area (Å²) in [6.07, 6.45) is 4.42. The molecule has 1 amide bonds. The molecular formula is C18H21BrN2O3S2. The zero-order valence-electron chi connectivity index (χ0n) is 14.2. The number of sulfonamides is 1. The number of carbonyl (C=O) groups is 1. The van der Waals surface area contributed by atoms with Crippen LogP contribution in [0.4, 0.5) is 0 Å². The molecule has 0 bridgehead atoms. The zero-order valence-corrected chi connectivity index (χ0v) is 17.4. The standard InChI is InChI=1S/C18H21BrN2O3S2/c19-16-10-11-17(25-16)26(23,24)21-15(12-13-6-2-1-3-7-13)18(22)20-14-8-4-5-9-14/h1-3,6-7,10-11,14-15,21H,4-5,8-9,12H2,(H,20,22)/t15-/m1/s1. The molecule has 0 unspecified atom stereocenters. The third-order valence-electron chi connectivity index (χ3n) is 4.41. The summed E-state index contributed by atoms with van der Waals surface area (Å²) in [6, 6.07) is 12.0. The number of rotatable bonds is 7. The molecule has 1 saturated carbocycles. The molecule has 1 heterocycles. The number of hydrogen-bond donors (Lipinski definition) is 2. The normalized spacial score (nSPS) is 16.5. The minimum atomic E-state index is -3.76. The summed E-state index contributed by atoms with van der Waals surface area (Å²) in [5.41, 5.74) is 0.911. The average Bonchev–Trinajstić information content (AvgIpc) is 3.27. The van der Waals surface area contributed by atoms with Gasteiger partial charge in [-0.05, 0) is 52.9 Å². The summed E-state index contributed by atoms with van der Waals surface area (Å²) in [7, 11) is -3.76. The van der Waals surface area contributed by atoms with Crippen LogP contribution in [0, 0.1) is 0 Å². The average molecular weight is 457 g/mol. The van der Waals surface area contributed by atoms with E-state index in [1.54, 1.807) is 6.07 Å². The van der Waals surface area contributed by atoms with Crippen LogP contribution in [0.15, 0.2) is 50.5 Å². The molecule has 140 valence electrons. The molecular weight excluding hydrogens is 436 g/mol. The highest BCUT2D eigenvalue weighted by Gasteiger charge is 2.29. The largest absolute Gasteiger partial charge is 0.352 e. The molecule has 1 aromatic carbocycles. The van der Waals surface area contributed by atoms with Gasteiger partial charge >= 0.3 is 0 Å². The Morgan fingerprint density at radius 3 is 2.46 bits per heavy atom. The van der Waals surface area contributed by atoms with Gasteiger partial charge in [-0.2, -0.15) is 4.72 Å². The molecule has 3 rings (SSSR count). The fraction of sp³-hybridized carbons (Fsp3) is 0.389. The maximum absolute atomic E-state index is 12.8. The molecule has 0 radical (unpaired) electrons. The van der Waals surface area contributed by atoms with Crippen molar-refractivity contribution in [3.8, 4) is 0 Å². The SMILES string of the molecule is O=C(NC1CCCC1)[C@@H](Cc1ccccc1)NS(=O)(=O)c1ccc(Br)s1. The van der Waals surface area contributed by atoms with Gasteiger partial charge in [0, 0.05) is 6.04 Å². The van der Waals surface area contributed by atoms with E-state index >= 15 is 0 Å². The fourth-order valence-electron chi connectivity index (χ4n) is 3.10. The highest BCUT2D eigenvalue weighted by atomic mass is 79.9. The number of hydrogen-bond acceptors (Lipinski definition) is 4. The first-order chi connectivity index (χ1) is 12.4. The molecule has 26 heavy (non-hydrogen) atoms. The molecule has 1 fully saturated rings. The van der Waals surface area contributed by atoms with Crippen molar-refractivity contribution in [2.45, 2.75) is 48.4 Å². The maximum atomic E-state index is 12.8. The lowest BCUT2D eigenvalue weighted by atomic mass is 10.1. The Bertz CT molecular complexity index is 846. The summed E-state index contributed by atoms with van der Waals surface area (Å²) in [6.45, 7) is 0. The van der Waals surface area contributed by atoms with Gasteiger partial charge in [-0.1, -0.05) is 43.2 Å². The lowest BCUT2D eigenvalue weighted by Gasteiger charge is -2.21. The maximum Gasteiger partial charge on any atom is 0.250 e. The first-order valence-corrected chi connectivity index (χ1v) is 11.7. The van der Waals surface area contributed by atoms with Gasteiger partial charge in [0.2, 0.25) is 5.91 Å². The smallest absolute Gasteiger partial charge is 0.250 e. The lowest BCUT2D eigenvalue weighted by Crippen LogP contribution is -2.50. The Balaban J connectivity index is 1.78. The zero-order chi connectivity index (χ0) is 18.6. The minimum absolute atomic E-state index is 0.140. The molecule has 0 aliphatic heterocycles. The van der Waals surface area contributed by atoms with Crippen LogP contribution < -0.4 is 10.0 Å². The van der Waals surface area contributed by atoms with Gasteiger partial charge in [-0.15, -0.1) is 11.3 Å². The predicted molar refractivity (Wildman–Crippen MR) is 107 cm³/mol. The van der Waals surface area contributed by atoms with E-state index in [1.807, 2.05) is 30.3 Å². The summed E-state index contributed by atoms with van der Waals surface area (Å²) >= 11 is 4.40. The van der Waals surface area contributed by atoms with E-state index in [4.69, 9.17) is 0 Å². The molecule has 2 N–H and O–H groups in total. The Kier molecular flexibility index (Phi) is 6.50. The van der Waals surface area contributed by atoms with Crippen molar-refractivity contribution < 1.29 is 13.2 Å². The first kappa shape index (κ1) is 19.5. The highest BCUT2D eigenvalue weighted by molar-refractivity contribution is 9.11. The second-order valence-corrected chi connectivity index (χ2v) is 10.8. The lowest BCUT2D eigenvalue weighted by molar-refractivity contribution is -0.123. The number of halogens is 1. The molecule has 0 saturated heterocycles. The van der Waals surface area contributed by atoms with E-state index in [0.717, 1.165) is 46.4 Å². The van der Waals surface area contributed by atoms with Crippen molar-refractivity contribution in [1.82, 2.24) is 10.0 Å². The predicted octanol–water partition coefficient (Wildman–Crippen LogP) is 3.46. The first-order valence-electron chi connectivity index (χ1n) is 8.56. The fourth-order valence-corrected chi connectivity index (χ4v) is 6.32. The van der Waals surface area contributed by atoms with Crippen molar-refractivity contribution in [2.75, 3.05) is 0 Å². The van der Waals surface area contributed by atoms with Gasteiger partial charge < -0.3 is 5.32 Å². The van der Waals surface area contributed by atoms with Gasteiger partial charge in [0.1, 0.15) is 10.3 Å². The van der Waals surface area contributed by atoms with Crippen LogP contribution >= 0.6 is 27.3 Å². The number of thiophene rings is 1. The molecule has 5 nitrogen and oxygen atoms in total. The van der Waals surface area contributed by atoms with Crippen LogP contribution in [0.3, 0.4) is 0 Å². The van der Waals surface area contributed by atoms with Gasteiger partial charge in [0.25, 0.3) is 10.0 Å². The van der Waals surface area contributed by atoms with Crippen molar-refractivity contribution >= 4 is 43.2 Å². The third-order valence-corrected chi connectivity index (χ3v) is 8.00. The monoisotopic (exact) mass is 456 g/mol. The number of carbonyl (C=O) groups excluding carboxylic acids is 1. The molecule has 1 aromatic heterocycles. The van der Waals surface area contributed by atoms with Gasteiger partial charge in [-0.3, -0.25) is 4.79 Å². The topological polar surface area (TPSA) is 75.3 Å². The Hall–Kier alpha value is -1.22. The van der Waals surface area contributed by atoms with E-state index in [2.05, 4.69) is 26.0 Å². The van der Waals surface area contributed by atoms with Crippen LogP contribution in [0.25, 0.3) is 0 Å². The molecule has 1 atom stereocenters. The third kappa shape index (κ3) is 5.16. The van der Waals surface area contributed by atoms with Crippen molar-refractivity contribution in [3.05, 3.63) is 51.8 Å². The summed E-state index contributed by atoms with van der Waals surface area (Å²) in [4.78, 5) is 12.8. The molecule has 0 spiro atoms. The summed E-state index contributed by atoms with van der Waals surface area (Å²) in [5.74, 6) is -0.264. The van der Waals surface area contributed by atoms with Gasteiger partial charge in [-0.25, -0.2) is 8.42 Å². The number of nitrogens with one attached hydrogen (secondary N) is 2. The Morgan fingerprint density at radius 2 is 1.85 bits per heavy atom. The second-order valence-electron chi connectivity index (χ2n) is 6.41. The quantitative estimate of drug-likeness (QED) is 0.669. The van der Waals surface area contributed by atoms with Crippen molar-refractivity contribution in [1.29, 1.82) is 0 Å². The minimum Gasteiger partial charge on any atom is -0.352 e. The van der Waals surface area contributed by atoms with Crippen molar-refractivity contribution in [2.24, 2.45) is 0 Å². The van der Waals surface area contributed by atoms with E-state index in [0.29, 0.717) is 6.42 Å². The van der Waals surface area contributed by atoms with Crippen LogP contribution in [-0.2, 0) is 21.2 Å². The van der Waals surface area contributed by atoms with Crippen LogP contribution in [0.5, 0.6) is 0 Å². The molecule has 8 heteroatoms. The Labute approximate surface area is 166 Å². The number of benzene rings is 1. The summed E-state index contributed by atoms with van der Waals surface area (Å²) < 4.78 is 28.9. The van der Waals surface area contributed by atoms with Crippen LogP contribution in [-0.4, -0.2) is 26.4 Å². The number of amides is 1. The highest BCUT2D eigenvalue weighted by Crippen LogP contribution is 2.26. The molecule has 2 aromatic rings. The Morgan fingerprint density at radius 1 is 1.15 bits per heavy atom.